The standard InChI is InChI=1S/C8H7F3N2O3/c1-15-7(14)5-2-12-3-6(13-5)16-4-8(9,10)11/h2-3H,4H2,1H3. The summed E-state index contributed by atoms with van der Waals surface area (Å²) in [6.07, 6.45) is -2.44. The van der Waals surface area contributed by atoms with Crippen LogP contribution in [0.2, 0.25) is 0 Å². The fraction of sp³-hybridized carbons (Fsp3) is 0.375. The summed E-state index contributed by atoms with van der Waals surface area (Å²) in [5.74, 6) is -1.19. The van der Waals surface area contributed by atoms with E-state index in [1.807, 2.05) is 0 Å². The molecule has 0 N–H and O–H groups in total. The number of ether oxygens (including phenoxy) is 2. The van der Waals surface area contributed by atoms with Crippen molar-refractivity contribution in [3.05, 3.63) is 18.1 Å². The van der Waals surface area contributed by atoms with Crippen LogP contribution in [0.3, 0.4) is 0 Å². The minimum Gasteiger partial charge on any atom is -0.467 e. The highest BCUT2D eigenvalue weighted by Crippen LogP contribution is 2.16. The molecule has 0 saturated heterocycles. The maximum Gasteiger partial charge on any atom is 0.422 e. The molecule has 0 aliphatic carbocycles. The number of esters is 1. The minimum atomic E-state index is -4.47. The van der Waals surface area contributed by atoms with Crippen LogP contribution in [0.25, 0.3) is 0 Å². The van der Waals surface area contributed by atoms with Crippen LogP contribution in [0.4, 0.5) is 13.2 Å². The fourth-order valence-electron chi connectivity index (χ4n) is 0.776. The molecule has 1 heterocycles. The third-order valence-electron chi connectivity index (χ3n) is 1.39. The Hall–Kier alpha value is -1.86. The highest BCUT2D eigenvalue weighted by atomic mass is 19.4. The minimum absolute atomic E-state index is 0.220. The first-order valence-electron chi connectivity index (χ1n) is 4.02. The summed E-state index contributed by atoms with van der Waals surface area (Å²) in [7, 11) is 1.12. The molecule has 0 fully saturated rings. The third-order valence-corrected chi connectivity index (χ3v) is 1.39. The van der Waals surface area contributed by atoms with Crippen molar-refractivity contribution in [1.29, 1.82) is 0 Å². The second-order valence-electron chi connectivity index (χ2n) is 2.64. The number of rotatable bonds is 3. The zero-order chi connectivity index (χ0) is 12.2. The van der Waals surface area contributed by atoms with Gasteiger partial charge in [-0.25, -0.2) is 9.78 Å². The van der Waals surface area contributed by atoms with Crippen LogP contribution in [0, 0.1) is 0 Å². The van der Waals surface area contributed by atoms with Gasteiger partial charge in [0.05, 0.1) is 19.5 Å². The third kappa shape index (κ3) is 3.71. The van der Waals surface area contributed by atoms with E-state index >= 15 is 0 Å². The Kier molecular flexibility index (Phi) is 3.64. The van der Waals surface area contributed by atoms with Gasteiger partial charge in [0.2, 0.25) is 5.88 Å². The van der Waals surface area contributed by atoms with Crippen molar-refractivity contribution in [1.82, 2.24) is 9.97 Å². The van der Waals surface area contributed by atoms with Crippen LogP contribution >= 0.6 is 0 Å². The monoisotopic (exact) mass is 236 g/mol. The van der Waals surface area contributed by atoms with E-state index in [-0.39, 0.29) is 11.6 Å². The Morgan fingerprint density at radius 3 is 2.69 bits per heavy atom. The lowest BCUT2D eigenvalue weighted by Gasteiger charge is -2.08. The summed E-state index contributed by atoms with van der Waals surface area (Å²) in [4.78, 5) is 18.0. The van der Waals surface area contributed by atoms with E-state index in [0.29, 0.717) is 0 Å². The molecule has 0 radical (unpaired) electrons. The smallest absolute Gasteiger partial charge is 0.422 e. The van der Waals surface area contributed by atoms with Gasteiger partial charge in [-0.2, -0.15) is 13.2 Å². The molecule has 1 aromatic heterocycles. The average Bonchev–Trinajstić information content (AvgIpc) is 2.25. The van der Waals surface area contributed by atoms with Gasteiger partial charge in [-0.1, -0.05) is 0 Å². The van der Waals surface area contributed by atoms with Gasteiger partial charge < -0.3 is 9.47 Å². The van der Waals surface area contributed by atoms with Crippen LogP contribution in [-0.2, 0) is 4.74 Å². The molecule has 1 aromatic rings. The molecule has 5 nitrogen and oxygen atoms in total. The maximum absolute atomic E-state index is 11.8. The number of hydrogen-bond donors (Lipinski definition) is 0. The van der Waals surface area contributed by atoms with Crippen molar-refractivity contribution in [2.75, 3.05) is 13.7 Å². The molecule has 0 amide bonds. The van der Waals surface area contributed by atoms with Gasteiger partial charge in [0.15, 0.2) is 12.3 Å². The first-order valence-corrected chi connectivity index (χ1v) is 4.02. The Morgan fingerprint density at radius 2 is 2.12 bits per heavy atom. The number of aromatic nitrogens is 2. The summed E-state index contributed by atoms with van der Waals surface area (Å²) < 4.78 is 44.0. The Morgan fingerprint density at radius 1 is 1.44 bits per heavy atom. The highest BCUT2D eigenvalue weighted by Gasteiger charge is 2.28. The van der Waals surface area contributed by atoms with Gasteiger partial charge in [-0.3, -0.25) is 4.98 Å². The normalized spacial score (nSPS) is 11.0. The van der Waals surface area contributed by atoms with Gasteiger partial charge in [0.25, 0.3) is 0 Å². The molecule has 8 heteroatoms. The number of methoxy groups -OCH3 is 1. The van der Waals surface area contributed by atoms with E-state index in [9.17, 15) is 18.0 Å². The predicted molar refractivity (Wildman–Crippen MR) is 44.9 cm³/mol. The van der Waals surface area contributed by atoms with Crippen LogP contribution in [0.1, 0.15) is 10.5 Å². The zero-order valence-corrected chi connectivity index (χ0v) is 8.11. The number of halogens is 3. The van der Waals surface area contributed by atoms with E-state index in [1.54, 1.807) is 0 Å². The first kappa shape index (κ1) is 12.2. The van der Waals surface area contributed by atoms with Crippen LogP contribution in [0.5, 0.6) is 5.88 Å². The molecule has 0 saturated carbocycles. The highest BCUT2D eigenvalue weighted by molar-refractivity contribution is 5.86. The van der Waals surface area contributed by atoms with Crippen LogP contribution in [0.15, 0.2) is 12.4 Å². The molecule has 1 rings (SSSR count). The second kappa shape index (κ2) is 4.77. The van der Waals surface area contributed by atoms with Crippen molar-refractivity contribution in [2.45, 2.75) is 6.18 Å². The van der Waals surface area contributed by atoms with Gasteiger partial charge in [-0.05, 0) is 0 Å². The predicted octanol–water partition coefficient (Wildman–Crippen LogP) is 1.20. The lowest BCUT2D eigenvalue weighted by atomic mass is 10.4. The topological polar surface area (TPSA) is 61.3 Å². The fourth-order valence-corrected chi connectivity index (χ4v) is 0.776. The molecule has 0 aliphatic heterocycles. The summed E-state index contributed by atoms with van der Waals surface area (Å²) in [6.45, 7) is -1.49. The number of hydrogen-bond acceptors (Lipinski definition) is 5. The van der Waals surface area contributed by atoms with Crippen molar-refractivity contribution in [3.8, 4) is 5.88 Å². The average molecular weight is 236 g/mol. The van der Waals surface area contributed by atoms with Gasteiger partial charge >= 0.3 is 12.1 Å². The Labute approximate surface area is 88.2 Å². The number of carbonyl (C=O) groups excluding carboxylic acids is 1. The largest absolute Gasteiger partial charge is 0.467 e. The van der Waals surface area contributed by atoms with E-state index in [4.69, 9.17) is 0 Å². The number of nitrogens with zero attached hydrogens (tertiary/aromatic N) is 2. The lowest BCUT2D eigenvalue weighted by molar-refractivity contribution is -0.154. The van der Waals surface area contributed by atoms with Gasteiger partial charge in [0, 0.05) is 0 Å². The summed E-state index contributed by atoms with van der Waals surface area (Å²) >= 11 is 0. The van der Waals surface area contributed by atoms with E-state index in [0.717, 1.165) is 19.5 Å². The van der Waals surface area contributed by atoms with E-state index in [2.05, 4.69) is 19.4 Å². The van der Waals surface area contributed by atoms with Crippen LogP contribution in [-0.4, -0.2) is 35.8 Å². The number of alkyl halides is 3. The van der Waals surface area contributed by atoms with Gasteiger partial charge in [-0.15, -0.1) is 0 Å². The molecule has 0 bridgehead atoms. The van der Waals surface area contributed by atoms with Crippen molar-refractivity contribution >= 4 is 5.97 Å². The quantitative estimate of drug-likeness (QED) is 0.738. The SMILES string of the molecule is COC(=O)c1cncc(OCC(F)(F)F)n1. The lowest BCUT2D eigenvalue weighted by Crippen LogP contribution is -2.20. The van der Waals surface area contributed by atoms with E-state index < -0.39 is 18.8 Å². The van der Waals surface area contributed by atoms with Crippen molar-refractivity contribution in [2.24, 2.45) is 0 Å². The molecule has 16 heavy (non-hydrogen) atoms. The summed E-state index contributed by atoms with van der Waals surface area (Å²) in [6, 6.07) is 0. The molecule has 0 aliphatic rings. The molecule has 0 spiro atoms. The van der Waals surface area contributed by atoms with Gasteiger partial charge in [0.1, 0.15) is 0 Å². The molecule has 88 valence electrons. The zero-order valence-electron chi connectivity index (χ0n) is 8.11. The molecule has 0 aromatic carbocycles. The van der Waals surface area contributed by atoms with Crippen molar-refractivity contribution in [3.63, 3.8) is 0 Å². The molecular weight excluding hydrogens is 229 g/mol. The summed E-state index contributed by atoms with van der Waals surface area (Å²) in [5.41, 5.74) is -0.220. The summed E-state index contributed by atoms with van der Waals surface area (Å²) in [5, 5.41) is 0. The second-order valence-corrected chi connectivity index (χ2v) is 2.64. The molecular formula is C8H7F3N2O3. The maximum atomic E-state index is 11.8. The van der Waals surface area contributed by atoms with Crippen LogP contribution < -0.4 is 4.74 Å². The molecule has 0 unspecified atom stereocenters. The van der Waals surface area contributed by atoms with E-state index in [1.165, 1.54) is 0 Å². The Balaban J connectivity index is 2.71. The first-order chi connectivity index (χ1) is 7.42. The number of carbonyl (C=O) groups is 1. The molecule has 0 atom stereocenters. The Bertz CT molecular complexity index is 381. The van der Waals surface area contributed by atoms with Crippen molar-refractivity contribution < 1.29 is 27.4 Å².